The number of rotatable bonds is 2. The van der Waals surface area contributed by atoms with E-state index in [0.717, 1.165) is 18.6 Å². The van der Waals surface area contributed by atoms with Crippen LogP contribution in [0.3, 0.4) is 0 Å². The Morgan fingerprint density at radius 2 is 2.11 bits per heavy atom. The molecule has 2 aromatic rings. The molecule has 0 radical (unpaired) electrons. The Kier molecular flexibility index (Phi) is 2.88. The van der Waals surface area contributed by atoms with Gasteiger partial charge in [0.15, 0.2) is 0 Å². The molecule has 1 aromatic heterocycles. The number of benzene rings is 1. The van der Waals surface area contributed by atoms with Crippen LogP contribution in [-0.4, -0.2) is 5.71 Å². The van der Waals surface area contributed by atoms with Crippen molar-refractivity contribution in [2.75, 3.05) is 0 Å². The molecule has 2 heterocycles. The highest BCUT2D eigenvalue weighted by Crippen LogP contribution is 2.37. The smallest absolute Gasteiger partial charge is 0.0401 e. The van der Waals surface area contributed by atoms with Crippen molar-refractivity contribution in [2.24, 2.45) is 4.99 Å². The SMILES string of the molecule is C=CC1=NC=C(c2c(C)sc3ccccc23)CC1. The van der Waals surface area contributed by atoms with Crippen LogP contribution in [0.2, 0.25) is 0 Å². The third kappa shape index (κ3) is 1.83. The summed E-state index contributed by atoms with van der Waals surface area (Å²) >= 11 is 1.87. The molecule has 1 aliphatic heterocycles. The summed E-state index contributed by atoms with van der Waals surface area (Å²) in [4.78, 5) is 5.86. The lowest BCUT2D eigenvalue weighted by Gasteiger charge is -2.12. The first-order valence-corrected chi connectivity index (χ1v) is 6.98. The summed E-state index contributed by atoms with van der Waals surface area (Å²) in [6.07, 6.45) is 5.93. The van der Waals surface area contributed by atoms with Gasteiger partial charge in [0.2, 0.25) is 0 Å². The van der Waals surface area contributed by atoms with Gasteiger partial charge in [-0.3, -0.25) is 4.99 Å². The fraction of sp³-hybridized carbons (Fsp3) is 0.188. The van der Waals surface area contributed by atoms with Crippen LogP contribution >= 0.6 is 11.3 Å². The Labute approximate surface area is 111 Å². The van der Waals surface area contributed by atoms with Crippen LogP contribution in [0.1, 0.15) is 23.3 Å². The summed E-state index contributed by atoms with van der Waals surface area (Å²) in [6.45, 7) is 5.98. The monoisotopic (exact) mass is 253 g/mol. The number of aryl methyl sites for hydroxylation is 1. The summed E-state index contributed by atoms with van der Waals surface area (Å²) in [5.74, 6) is 0. The van der Waals surface area contributed by atoms with Gasteiger partial charge in [0.1, 0.15) is 0 Å². The van der Waals surface area contributed by atoms with E-state index in [0.29, 0.717) is 0 Å². The summed E-state index contributed by atoms with van der Waals surface area (Å²) < 4.78 is 1.37. The number of hydrogen-bond acceptors (Lipinski definition) is 2. The van der Waals surface area contributed by atoms with Crippen molar-refractivity contribution in [3.8, 4) is 0 Å². The first-order valence-electron chi connectivity index (χ1n) is 6.16. The fourth-order valence-electron chi connectivity index (χ4n) is 2.46. The van der Waals surface area contributed by atoms with E-state index < -0.39 is 0 Å². The van der Waals surface area contributed by atoms with E-state index >= 15 is 0 Å². The molecule has 0 amide bonds. The number of hydrogen-bond donors (Lipinski definition) is 0. The van der Waals surface area contributed by atoms with E-state index in [-0.39, 0.29) is 0 Å². The van der Waals surface area contributed by atoms with E-state index in [4.69, 9.17) is 0 Å². The van der Waals surface area contributed by atoms with Crippen LogP contribution in [0.15, 0.2) is 48.1 Å². The van der Waals surface area contributed by atoms with Crippen LogP contribution in [0.5, 0.6) is 0 Å². The second-order valence-corrected chi connectivity index (χ2v) is 5.76. The lowest BCUT2D eigenvalue weighted by molar-refractivity contribution is 1.09. The summed E-state index contributed by atoms with van der Waals surface area (Å²) in [7, 11) is 0. The summed E-state index contributed by atoms with van der Waals surface area (Å²) in [5.41, 5.74) is 3.84. The molecule has 0 spiro atoms. The van der Waals surface area contributed by atoms with E-state index in [2.05, 4.69) is 42.8 Å². The van der Waals surface area contributed by atoms with Gasteiger partial charge in [-0.2, -0.15) is 0 Å². The quantitative estimate of drug-likeness (QED) is 0.716. The number of thiophene rings is 1. The average Bonchev–Trinajstić information content (AvgIpc) is 2.75. The molecule has 1 aromatic carbocycles. The predicted molar refractivity (Wildman–Crippen MR) is 81.4 cm³/mol. The molecular formula is C16H15NS. The van der Waals surface area contributed by atoms with Gasteiger partial charge in [-0.1, -0.05) is 24.8 Å². The number of allylic oxidation sites excluding steroid dienone is 2. The van der Waals surface area contributed by atoms with E-state index in [1.165, 1.54) is 26.1 Å². The third-order valence-corrected chi connectivity index (χ3v) is 4.45. The highest BCUT2D eigenvalue weighted by Gasteiger charge is 2.15. The maximum atomic E-state index is 4.47. The molecule has 1 aliphatic rings. The van der Waals surface area contributed by atoms with Gasteiger partial charge in [0.05, 0.1) is 0 Å². The lowest BCUT2D eigenvalue weighted by Crippen LogP contribution is -1.99. The van der Waals surface area contributed by atoms with Crippen molar-refractivity contribution < 1.29 is 0 Å². The fourth-order valence-corrected chi connectivity index (χ4v) is 3.56. The predicted octanol–water partition coefficient (Wildman–Crippen LogP) is 4.97. The molecule has 18 heavy (non-hydrogen) atoms. The highest BCUT2D eigenvalue weighted by atomic mass is 32.1. The van der Waals surface area contributed by atoms with Gasteiger partial charge in [-0.15, -0.1) is 11.3 Å². The van der Waals surface area contributed by atoms with E-state index in [9.17, 15) is 0 Å². The van der Waals surface area contributed by atoms with Crippen LogP contribution in [0, 0.1) is 6.92 Å². The normalized spacial score (nSPS) is 15.4. The zero-order chi connectivity index (χ0) is 12.5. The lowest BCUT2D eigenvalue weighted by atomic mass is 9.96. The maximum absolute atomic E-state index is 4.47. The van der Waals surface area contributed by atoms with E-state index in [1.807, 2.05) is 23.6 Å². The molecule has 2 heteroatoms. The van der Waals surface area contributed by atoms with E-state index in [1.54, 1.807) is 0 Å². The molecule has 0 N–H and O–H groups in total. The molecule has 0 aliphatic carbocycles. The van der Waals surface area contributed by atoms with Crippen molar-refractivity contribution in [1.29, 1.82) is 0 Å². The average molecular weight is 253 g/mol. The van der Waals surface area contributed by atoms with Crippen LogP contribution in [0.4, 0.5) is 0 Å². The Hall–Kier alpha value is -1.67. The molecule has 0 fully saturated rings. The number of aliphatic imine (C=N–C) groups is 1. The van der Waals surface area contributed by atoms with Gasteiger partial charge in [-0.05, 0) is 37.5 Å². The van der Waals surface area contributed by atoms with Crippen molar-refractivity contribution in [1.82, 2.24) is 0 Å². The minimum Gasteiger partial charge on any atom is -0.261 e. The summed E-state index contributed by atoms with van der Waals surface area (Å²) in [6, 6.07) is 8.62. The molecule has 0 atom stereocenters. The molecule has 0 saturated heterocycles. The Balaban J connectivity index is 2.15. The zero-order valence-corrected chi connectivity index (χ0v) is 11.3. The molecule has 1 nitrogen and oxygen atoms in total. The van der Waals surface area contributed by atoms with Crippen LogP contribution in [-0.2, 0) is 0 Å². The first-order chi connectivity index (χ1) is 8.79. The number of nitrogens with zero attached hydrogens (tertiary/aromatic N) is 1. The van der Waals surface area contributed by atoms with Crippen molar-refractivity contribution in [3.05, 3.63) is 53.6 Å². The second-order valence-electron chi connectivity index (χ2n) is 4.51. The highest BCUT2D eigenvalue weighted by molar-refractivity contribution is 7.19. The van der Waals surface area contributed by atoms with Gasteiger partial charge in [-0.25, -0.2) is 0 Å². The van der Waals surface area contributed by atoms with Gasteiger partial charge < -0.3 is 0 Å². The molecule has 0 saturated carbocycles. The second kappa shape index (κ2) is 4.54. The molecule has 90 valence electrons. The van der Waals surface area contributed by atoms with Crippen LogP contribution < -0.4 is 0 Å². The summed E-state index contributed by atoms with van der Waals surface area (Å²) in [5, 5.41) is 1.36. The Morgan fingerprint density at radius 3 is 2.83 bits per heavy atom. The molecule has 3 rings (SSSR count). The minimum atomic E-state index is 0.999. The largest absolute Gasteiger partial charge is 0.261 e. The topological polar surface area (TPSA) is 12.4 Å². The Bertz CT molecular complexity index is 673. The van der Waals surface area contributed by atoms with Crippen molar-refractivity contribution >= 4 is 32.7 Å². The van der Waals surface area contributed by atoms with Crippen LogP contribution in [0.25, 0.3) is 15.7 Å². The van der Waals surface area contributed by atoms with Crippen molar-refractivity contribution in [3.63, 3.8) is 0 Å². The Morgan fingerprint density at radius 1 is 1.28 bits per heavy atom. The molecule has 0 unspecified atom stereocenters. The number of fused-ring (bicyclic) bond motifs is 1. The minimum absolute atomic E-state index is 0.999. The standard InChI is InChI=1S/C16H15NS/c1-3-13-9-8-12(10-17-13)16-11(2)18-15-7-5-4-6-14(15)16/h3-7,10H,1,8-9H2,2H3. The zero-order valence-electron chi connectivity index (χ0n) is 10.4. The third-order valence-electron chi connectivity index (χ3n) is 3.36. The van der Waals surface area contributed by atoms with Gasteiger partial charge in [0, 0.05) is 32.4 Å². The maximum Gasteiger partial charge on any atom is 0.0401 e. The van der Waals surface area contributed by atoms with Gasteiger partial charge >= 0.3 is 0 Å². The first kappa shape index (κ1) is 11.4. The van der Waals surface area contributed by atoms with Gasteiger partial charge in [0.25, 0.3) is 0 Å². The molecule has 0 bridgehead atoms. The molecular weight excluding hydrogens is 238 g/mol. The van der Waals surface area contributed by atoms with Crippen molar-refractivity contribution in [2.45, 2.75) is 19.8 Å².